The van der Waals surface area contributed by atoms with Crippen LogP contribution in [0.3, 0.4) is 0 Å². The maximum atomic E-state index is 14.4. The average molecular weight is 709 g/mol. The highest BCUT2D eigenvalue weighted by Crippen LogP contribution is 2.48. The van der Waals surface area contributed by atoms with Crippen molar-refractivity contribution < 1.29 is 32.6 Å². The Morgan fingerprint density at radius 1 is 1.16 bits per heavy atom. The predicted molar refractivity (Wildman–Crippen MR) is 173 cm³/mol. The van der Waals surface area contributed by atoms with E-state index in [1.54, 1.807) is 25.4 Å². The second kappa shape index (κ2) is 12.2. The van der Waals surface area contributed by atoms with Crippen molar-refractivity contribution in [1.82, 2.24) is 34.0 Å². The number of hydrogen-bond donors (Lipinski definition) is 2. The normalized spacial score (nSPS) is 16.9. The lowest BCUT2D eigenvalue weighted by atomic mass is 9.85. The molecular formula is C33H28ClF3N8O5. The molecule has 7 rings (SSSR count). The lowest BCUT2D eigenvalue weighted by Gasteiger charge is -2.39. The van der Waals surface area contributed by atoms with Crippen LogP contribution < -0.4 is 10.9 Å². The molecule has 1 fully saturated rings. The fourth-order valence-corrected chi connectivity index (χ4v) is 6.88. The number of fused-ring (bicyclic) bond motifs is 3. The van der Waals surface area contributed by atoms with Crippen LogP contribution in [0.4, 0.5) is 18.9 Å². The Morgan fingerprint density at radius 3 is 2.60 bits per heavy atom. The van der Waals surface area contributed by atoms with Gasteiger partial charge in [-0.05, 0) is 68.7 Å². The number of carbonyl (C=O) groups excluding carboxylic acids is 2. The molecule has 0 unspecified atom stereocenters. The third kappa shape index (κ3) is 5.63. The van der Waals surface area contributed by atoms with Crippen LogP contribution in [0.1, 0.15) is 58.7 Å². The van der Waals surface area contributed by atoms with Crippen LogP contribution in [0, 0.1) is 6.92 Å². The summed E-state index contributed by atoms with van der Waals surface area (Å²) in [4.78, 5) is 55.4. The molecule has 258 valence electrons. The number of nitrogens with one attached hydrogen (secondary N) is 1. The number of pyridine rings is 2. The first kappa shape index (κ1) is 33.2. The highest BCUT2D eigenvalue weighted by Gasteiger charge is 2.50. The molecule has 0 saturated carbocycles. The van der Waals surface area contributed by atoms with Crippen LogP contribution in [0.25, 0.3) is 17.2 Å². The van der Waals surface area contributed by atoms with Crippen molar-refractivity contribution >= 4 is 34.9 Å². The quantitative estimate of drug-likeness (QED) is 0.259. The summed E-state index contributed by atoms with van der Waals surface area (Å²) >= 11 is 6.12. The van der Waals surface area contributed by atoms with E-state index in [2.05, 4.69) is 25.4 Å². The van der Waals surface area contributed by atoms with Crippen LogP contribution in [0.2, 0.25) is 5.02 Å². The number of piperidine rings is 1. The van der Waals surface area contributed by atoms with Gasteiger partial charge in [-0.25, -0.2) is 4.98 Å². The van der Waals surface area contributed by atoms with Crippen LogP contribution in [0.5, 0.6) is 5.75 Å². The highest BCUT2D eigenvalue weighted by molar-refractivity contribution is 6.33. The van der Waals surface area contributed by atoms with E-state index in [1.165, 1.54) is 27.8 Å². The van der Waals surface area contributed by atoms with E-state index in [0.29, 0.717) is 11.3 Å². The van der Waals surface area contributed by atoms with Gasteiger partial charge in [0.05, 0.1) is 33.6 Å². The van der Waals surface area contributed by atoms with Crippen LogP contribution in [-0.2, 0) is 27.9 Å². The zero-order chi connectivity index (χ0) is 35.5. The molecule has 1 saturated heterocycles. The van der Waals surface area contributed by atoms with Crippen molar-refractivity contribution in [2.75, 3.05) is 18.4 Å². The Morgan fingerprint density at radius 2 is 1.92 bits per heavy atom. The van der Waals surface area contributed by atoms with E-state index in [0.717, 1.165) is 28.3 Å². The number of hydrogen-bond acceptors (Lipinski definition) is 9. The number of anilines is 1. The lowest BCUT2D eigenvalue weighted by Crippen LogP contribution is -2.47. The minimum Gasteiger partial charge on any atom is -0.505 e. The number of carbonyl (C=O) groups is 2. The summed E-state index contributed by atoms with van der Waals surface area (Å²) in [6, 6.07) is 7.18. The summed E-state index contributed by atoms with van der Waals surface area (Å²) in [5.74, 6) is -1.12. The summed E-state index contributed by atoms with van der Waals surface area (Å²) in [5, 5.41) is 17.0. The molecule has 2 N–H and O–H groups in total. The lowest BCUT2D eigenvalue weighted by molar-refractivity contribution is -0.137. The minimum atomic E-state index is -4.62. The van der Waals surface area contributed by atoms with Gasteiger partial charge >= 0.3 is 6.18 Å². The van der Waals surface area contributed by atoms with E-state index in [1.807, 2.05) is 6.92 Å². The number of alkyl halides is 3. The first-order chi connectivity index (χ1) is 23.8. The Kier molecular flexibility index (Phi) is 8.10. The van der Waals surface area contributed by atoms with E-state index in [-0.39, 0.29) is 65.3 Å². The molecule has 1 atom stereocenters. The van der Waals surface area contributed by atoms with E-state index in [4.69, 9.17) is 16.3 Å². The first-order valence-corrected chi connectivity index (χ1v) is 15.9. The fourth-order valence-electron chi connectivity index (χ4n) is 6.65. The van der Waals surface area contributed by atoms with E-state index < -0.39 is 47.4 Å². The Bertz CT molecular complexity index is 2250. The third-order valence-corrected chi connectivity index (χ3v) is 9.32. The Balaban J connectivity index is 1.29. The largest absolute Gasteiger partial charge is 0.505 e. The number of likely N-dealkylation sites (tertiary alicyclic amines) is 1. The molecule has 5 aromatic rings. The van der Waals surface area contributed by atoms with Gasteiger partial charge in [-0.15, -0.1) is 5.10 Å². The molecule has 2 aliphatic rings. The topological polar surface area (TPSA) is 157 Å². The number of benzene rings is 1. The van der Waals surface area contributed by atoms with Gasteiger partial charge in [-0.3, -0.25) is 19.4 Å². The van der Waals surface area contributed by atoms with E-state index in [9.17, 15) is 32.7 Å². The first-order valence-electron chi connectivity index (χ1n) is 15.5. The molecular weight excluding hydrogens is 681 g/mol. The van der Waals surface area contributed by atoms with Crippen LogP contribution >= 0.6 is 11.6 Å². The summed E-state index contributed by atoms with van der Waals surface area (Å²) in [7, 11) is 0. The second-order valence-corrected chi connectivity index (χ2v) is 12.6. The van der Waals surface area contributed by atoms with Gasteiger partial charge in [0.2, 0.25) is 11.7 Å². The molecule has 0 bridgehead atoms. The van der Waals surface area contributed by atoms with Crippen molar-refractivity contribution in [3.8, 4) is 17.1 Å². The zero-order valence-electron chi connectivity index (χ0n) is 26.5. The monoisotopic (exact) mass is 708 g/mol. The number of rotatable bonds is 5. The predicted octanol–water partition coefficient (Wildman–Crippen LogP) is 4.90. The third-order valence-electron chi connectivity index (χ3n) is 9.01. The Hall–Kier alpha value is -5.35. The number of nitrogens with zero attached hydrogens (tertiary/aromatic N) is 7. The van der Waals surface area contributed by atoms with Gasteiger partial charge in [0.15, 0.2) is 11.5 Å². The van der Waals surface area contributed by atoms with Gasteiger partial charge in [0.1, 0.15) is 17.9 Å². The number of aromatic nitrogens is 6. The molecule has 2 amide bonds. The summed E-state index contributed by atoms with van der Waals surface area (Å²) < 4.78 is 48.8. The number of aryl methyl sites for hydroxylation is 1. The van der Waals surface area contributed by atoms with Crippen LogP contribution in [-0.4, -0.2) is 64.0 Å². The van der Waals surface area contributed by atoms with Gasteiger partial charge in [-0.1, -0.05) is 11.6 Å². The standard InChI is InChI=1S/C33H28ClF3N8O5/c1-17-15-38-11-7-20(17)28-41-31-44(16-24(47)40-22-6-5-19(14-21(22)34)33(35,36)37)27-18(2)50-32(25(27)29(48)45(31)42-28)8-12-43(13-9-32)30(49)26-23(46)4-3-10-39-26/h3-7,10-11,14-15,18,46H,8-9,12-13,16H2,1-2H3,(H,40,47)/t18-/m1/s1. The molecule has 1 spiro atoms. The van der Waals surface area contributed by atoms with Crippen molar-refractivity contribution in [3.63, 3.8) is 0 Å². The van der Waals surface area contributed by atoms with Crippen molar-refractivity contribution in [1.29, 1.82) is 0 Å². The maximum absolute atomic E-state index is 14.4. The molecule has 50 heavy (non-hydrogen) atoms. The number of halogens is 4. The van der Waals surface area contributed by atoms with Crippen molar-refractivity contribution in [3.05, 3.63) is 98.4 Å². The number of aromatic hydroxyl groups is 1. The van der Waals surface area contributed by atoms with Gasteiger partial charge in [0, 0.05) is 37.2 Å². The Labute approximate surface area is 286 Å². The SMILES string of the molecule is Cc1cnccc1-c1nc2n(CC(=O)Nc3ccc(C(F)(F)F)cc3Cl)c3c(c(=O)n2n1)C1(CCN(C(=O)c2ncccc2O)CC1)O[C@@H]3C. The second-order valence-electron chi connectivity index (χ2n) is 12.1. The van der Waals surface area contributed by atoms with Crippen molar-refractivity contribution in [2.45, 2.75) is 51.1 Å². The molecule has 1 aromatic carbocycles. The summed E-state index contributed by atoms with van der Waals surface area (Å²) in [6.45, 7) is 3.46. The highest BCUT2D eigenvalue weighted by atomic mass is 35.5. The average Bonchev–Trinajstić information content (AvgIpc) is 3.64. The fraction of sp³-hybridized carbons (Fsp3) is 0.303. The molecule has 6 heterocycles. The van der Waals surface area contributed by atoms with E-state index >= 15 is 0 Å². The molecule has 13 nitrogen and oxygen atoms in total. The smallest absolute Gasteiger partial charge is 0.416 e. The summed E-state index contributed by atoms with van der Waals surface area (Å²) in [5.41, 5.74) is -0.765. The number of amides is 2. The van der Waals surface area contributed by atoms with Crippen molar-refractivity contribution in [2.24, 2.45) is 0 Å². The number of ether oxygens (including phenoxy) is 1. The van der Waals surface area contributed by atoms with Gasteiger partial charge < -0.3 is 24.6 Å². The molecule has 4 aromatic heterocycles. The summed E-state index contributed by atoms with van der Waals surface area (Å²) in [6.07, 6.45) is -0.319. The molecule has 2 aliphatic heterocycles. The molecule has 17 heteroatoms. The maximum Gasteiger partial charge on any atom is 0.416 e. The zero-order valence-corrected chi connectivity index (χ0v) is 27.3. The molecule has 0 radical (unpaired) electrons. The minimum absolute atomic E-state index is 0.0373. The van der Waals surface area contributed by atoms with Crippen LogP contribution in [0.15, 0.2) is 59.8 Å². The van der Waals surface area contributed by atoms with Gasteiger partial charge in [0.25, 0.3) is 11.5 Å². The molecule has 0 aliphatic carbocycles. The van der Waals surface area contributed by atoms with Gasteiger partial charge in [-0.2, -0.15) is 22.7 Å².